The zero-order valence-corrected chi connectivity index (χ0v) is 11.9. The maximum Gasteiger partial charge on any atom is 0.335 e. The van der Waals surface area contributed by atoms with Crippen LogP contribution in [0.5, 0.6) is 0 Å². The SMILES string of the molecule is O=C(O)c1ccccc1CCNC(=O)C1CSCCN1. The molecular weight excluding hydrogens is 276 g/mol. The topological polar surface area (TPSA) is 78.4 Å². The zero-order valence-electron chi connectivity index (χ0n) is 11.1. The molecule has 5 nitrogen and oxygen atoms in total. The van der Waals surface area contributed by atoms with Gasteiger partial charge in [-0.2, -0.15) is 11.8 Å². The lowest BCUT2D eigenvalue weighted by molar-refractivity contribution is -0.122. The van der Waals surface area contributed by atoms with E-state index in [1.807, 2.05) is 6.07 Å². The van der Waals surface area contributed by atoms with Crippen LogP contribution in [0, 0.1) is 0 Å². The summed E-state index contributed by atoms with van der Waals surface area (Å²) in [7, 11) is 0. The van der Waals surface area contributed by atoms with Crippen LogP contribution < -0.4 is 10.6 Å². The molecule has 20 heavy (non-hydrogen) atoms. The molecule has 108 valence electrons. The highest BCUT2D eigenvalue weighted by Crippen LogP contribution is 2.10. The van der Waals surface area contributed by atoms with E-state index in [1.165, 1.54) is 0 Å². The average molecular weight is 294 g/mol. The van der Waals surface area contributed by atoms with E-state index in [-0.39, 0.29) is 11.9 Å². The van der Waals surface area contributed by atoms with Gasteiger partial charge in [0, 0.05) is 24.6 Å². The van der Waals surface area contributed by atoms with Crippen LogP contribution in [0.1, 0.15) is 15.9 Å². The van der Waals surface area contributed by atoms with E-state index in [1.54, 1.807) is 30.0 Å². The van der Waals surface area contributed by atoms with Crippen LogP contribution in [0.2, 0.25) is 0 Å². The van der Waals surface area contributed by atoms with Crippen molar-refractivity contribution in [3.63, 3.8) is 0 Å². The summed E-state index contributed by atoms with van der Waals surface area (Å²) in [5.41, 5.74) is 1.04. The highest BCUT2D eigenvalue weighted by Gasteiger charge is 2.20. The first-order chi connectivity index (χ1) is 9.68. The largest absolute Gasteiger partial charge is 0.478 e. The molecule has 1 aromatic rings. The highest BCUT2D eigenvalue weighted by molar-refractivity contribution is 7.99. The van der Waals surface area contributed by atoms with Crippen molar-refractivity contribution < 1.29 is 14.7 Å². The lowest BCUT2D eigenvalue weighted by Crippen LogP contribution is -2.49. The Morgan fingerprint density at radius 3 is 2.90 bits per heavy atom. The molecule has 1 aromatic carbocycles. The quantitative estimate of drug-likeness (QED) is 0.747. The van der Waals surface area contributed by atoms with Crippen molar-refractivity contribution in [1.82, 2.24) is 10.6 Å². The molecule has 3 N–H and O–H groups in total. The number of carbonyl (C=O) groups excluding carboxylic acids is 1. The van der Waals surface area contributed by atoms with Crippen molar-refractivity contribution in [2.45, 2.75) is 12.5 Å². The van der Waals surface area contributed by atoms with Crippen LogP contribution in [0.25, 0.3) is 0 Å². The molecule has 1 unspecified atom stereocenters. The van der Waals surface area contributed by atoms with Crippen molar-refractivity contribution >= 4 is 23.6 Å². The molecule has 6 heteroatoms. The first-order valence-electron chi connectivity index (χ1n) is 6.58. The van der Waals surface area contributed by atoms with Crippen molar-refractivity contribution in [3.8, 4) is 0 Å². The van der Waals surface area contributed by atoms with Gasteiger partial charge in [-0.05, 0) is 18.1 Å². The van der Waals surface area contributed by atoms with Crippen LogP contribution in [0.15, 0.2) is 24.3 Å². The number of rotatable bonds is 5. The second-order valence-corrected chi connectivity index (χ2v) is 5.73. The first-order valence-corrected chi connectivity index (χ1v) is 7.74. The van der Waals surface area contributed by atoms with Crippen molar-refractivity contribution in [3.05, 3.63) is 35.4 Å². The van der Waals surface area contributed by atoms with Crippen molar-refractivity contribution in [2.75, 3.05) is 24.6 Å². The van der Waals surface area contributed by atoms with Gasteiger partial charge in [-0.15, -0.1) is 0 Å². The molecule has 0 aromatic heterocycles. The number of carboxylic acid groups (broad SMARTS) is 1. The Hall–Kier alpha value is -1.53. The Balaban J connectivity index is 1.83. The summed E-state index contributed by atoms with van der Waals surface area (Å²) >= 11 is 1.77. The molecule has 1 aliphatic heterocycles. The standard InChI is InChI=1S/C14H18N2O3S/c17-13(12-9-20-8-7-15-12)16-6-5-10-3-1-2-4-11(10)14(18)19/h1-4,12,15H,5-9H2,(H,16,17)(H,18,19). The third-order valence-electron chi connectivity index (χ3n) is 3.18. The number of hydrogen-bond acceptors (Lipinski definition) is 4. The fourth-order valence-electron chi connectivity index (χ4n) is 2.12. The number of hydrogen-bond donors (Lipinski definition) is 3. The molecule has 0 aliphatic carbocycles. The minimum atomic E-state index is -0.933. The summed E-state index contributed by atoms with van der Waals surface area (Å²) in [6.07, 6.45) is 0.522. The molecule has 1 atom stereocenters. The van der Waals surface area contributed by atoms with E-state index < -0.39 is 5.97 Å². The lowest BCUT2D eigenvalue weighted by Gasteiger charge is -2.22. The molecule has 0 radical (unpaired) electrons. The average Bonchev–Trinajstić information content (AvgIpc) is 2.48. The van der Waals surface area contributed by atoms with Crippen LogP contribution in [-0.4, -0.2) is 47.6 Å². The van der Waals surface area contributed by atoms with Gasteiger partial charge >= 0.3 is 5.97 Å². The third-order valence-corrected chi connectivity index (χ3v) is 4.24. The van der Waals surface area contributed by atoms with Crippen molar-refractivity contribution in [2.24, 2.45) is 0 Å². The number of nitrogens with one attached hydrogen (secondary N) is 2. The summed E-state index contributed by atoms with van der Waals surface area (Å²) in [5.74, 6) is 0.884. The van der Waals surface area contributed by atoms with Gasteiger partial charge in [0.25, 0.3) is 0 Å². The minimum Gasteiger partial charge on any atom is -0.478 e. The molecule has 1 fully saturated rings. The minimum absolute atomic E-state index is 0.00925. The van der Waals surface area contributed by atoms with Crippen LogP contribution in [-0.2, 0) is 11.2 Å². The molecule has 0 bridgehead atoms. The van der Waals surface area contributed by atoms with E-state index in [9.17, 15) is 9.59 Å². The number of thioether (sulfide) groups is 1. The number of carboxylic acids is 1. The Morgan fingerprint density at radius 1 is 1.40 bits per heavy atom. The van der Waals surface area contributed by atoms with E-state index in [0.29, 0.717) is 18.5 Å². The lowest BCUT2D eigenvalue weighted by atomic mass is 10.0. The summed E-state index contributed by atoms with van der Waals surface area (Å²) < 4.78 is 0. The number of aromatic carboxylic acids is 1. The van der Waals surface area contributed by atoms with Gasteiger partial charge in [0.05, 0.1) is 11.6 Å². The van der Waals surface area contributed by atoms with Crippen LogP contribution in [0.4, 0.5) is 0 Å². The summed E-state index contributed by atoms with van der Waals surface area (Å²) in [4.78, 5) is 23.0. The molecule has 2 rings (SSSR count). The number of amides is 1. The highest BCUT2D eigenvalue weighted by atomic mass is 32.2. The van der Waals surface area contributed by atoms with Gasteiger partial charge in [-0.1, -0.05) is 18.2 Å². The van der Waals surface area contributed by atoms with Gasteiger partial charge in [0.15, 0.2) is 0 Å². The normalized spacial score (nSPS) is 18.5. The van der Waals surface area contributed by atoms with Gasteiger partial charge in [0.1, 0.15) is 0 Å². The number of benzene rings is 1. The molecule has 0 saturated carbocycles. The molecule has 1 aliphatic rings. The van der Waals surface area contributed by atoms with Crippen molar-refractivity contribution in [1.29, 1.82) is 0 Å². The molecule has 1 saturated heterocycles. The monoisotopic (exact) mass is 294 g/mol. The fraction of sp³-hybridized carbons (Fsp3) is 0.429. The van der Waals surface area contributed by atoms with E-state index in [4.69, 9.17) is 5.11 Å². The Kier molecular flexibility index (Phi) is 5.43. The molecule has 1 heterocycles. The Bertz CT molecular complexity index is 487. The molecule has 0 spiro atoms. The van der Waals surface area contributed by atoms with E-state index >= 15 is 0 Å². The smallest absolute Gasteiger partial charge is 0.335 e. The fourth-order valence-corrected chi connectivity index (χ4v) is 3.06. The second kappa shape index (κ2) is 7.31. The van der Waals surface area contributed by atoms with E-state index in [2.05, 4.69) is 10.6 Å². The van der Waals surface area contributed by atoms with Gasteiger partial charge in [-0.25, -0.2) is 4.79 Å². The molecule has 1 amide bonds. The summed E-state index contributed by atoms with van der Waals surface area (Å²) in [6.45, 7) is 1.30. The van der Waals surface area contributed by atoms with Gasteiger partial charge in [0.2, 0.25) is 5.91 Å². The summed E-state index contributed by atoms with van der Waals surface area (Å²) in [5, 5.41) is 15.1. The number of carbonyl (C=O) groups is 2. The van der Waals surface area contributed by atoms with Gasteiger partial charge < -0.3 is 15.7 Å². The second-order valence-electron chi connectivity index (χ2n) is 4.58. The van der Waals surface area contributed by atoms with E-state index in [0.717, 1.165) is 23.6 Å². The maximum absolute atomic E-state index is 11.9. The Labute approximate surface area is 122 Å². The predicted molar refractivity (Wildman–Crippen MR) is 79.2 cm³/mol. The zero-order chi connectivity index (χ0) is 14.4. The summed E-state index contributed by atoms with van der Waals surface area (Å²) in [6, 6.07) is 6.74. The van der Waals surface area contributed by atoms with Gasteiger partial charge in [-0.3, -0.25) is 4.79 Å². The predicted octanol–water partition coefficient (Wildman–Crippen LogP) is 0.748. The Morgan fingerprint density at radius 2 is 2.20 bits per heavy atom. The molecular formula is C14H18N2O3S. The first kappa shape index (κ1) is 14.9. The van der Waals surface area contributed by atoms with Crippen LogP contribution >= 0.6 is 11.8 Å². The third kappa shape index (κ3) is 3.98. The maximum atomic E-state index is 11.9. The van der Waals surface area contributed by atoms with Crippen LogP contribution in [0.3, 0.4) is 0 Å².